The van der Waals surface area contributed by atoms with Gasteiger partial charge < -0.3 is 15.5 Å². The molecule has 20 heavy (non-hydrogen) atoms. The van der Waals surface area contributed by atoms with E-state index < -0.39 is 11.9 Å². The quantitative estimate of drug-likeness (QED) is 0.885. The van der Waals surface area contributed by atoms with Gasteiger partial charge in [0.2, 0.25) is 11.8 Å². The molecule has 1 aromatic rings. The SMILES string of the molecule is CN1C(=O)[C]C(C(N)=O)N(CC2CC2)c2ccccc21. The van der Waals surface area contributed by atoms with Gasteiger partial charge in [-0.15, -0.1) is 0 Å². The van der Waals surface area contributed by atoms with Crippen LogP contribution in [0.25, 0.3) is 0 Å². The fourth-order valence-electron chi connectivity index (χ4n) is 2.54. The molecule has 2 N–H and O–H groups in total. The van der Waals surface area contributed by atoms with E-state index in [1.165, 1.54) is 4.90 Å². The molecule has 0 aromatic heterocycles. The Morgan fingerprint density at radius 3 is 2.60 bits per heavy atom. The lowest BCUT2D eigenvalue weighted by molar-refractivity contribution is -0.121. The molecule has 5 nitrogen and oxygen atoms in total. The van der Waals surface area contributed by atoms with Crippen molar-refractivity contribution in [2.24, 2.45) is 11.7 Å². The fourth-order valence-corrected chi connectivity index (χ4v) is 2.54. The number of carbonyl (C=O) groups excluding carboxylic acids is 2. The fraction of sp³-hybridized carbons (Fsp3) is 0.400. The molecule has 0 bridgehead atoms. The molecular weight excluding hydrogens is 254 g/mol. The molecule has 104 valence electrons. The Labute approximate surface area is 118 Å². The summed E-state index contributed by atoms with van der Waals surface area (Å²) in [4.78, 5) is 27.3. The van der Waals surface area contributed by atoms with Gasteiger partial charge >= 0.3 is 0 Å². The summed E-state index contributed by atoms with van der Waals surface area (Å²) >= 11 is 0. The van der Waals surface area contributed by atoms with Crippen LogP contribution in [0, 0.1) is 12.3 Å². The van der Waals surface area contributed by atoms with Gasteiger partial charge in [0.1, 0.15) is 12.5 Å². The Hall–Kier alpha value is -2.04. The molecule has 0 spiro atoms. The number of para-hydroxylation sites is 2. The zero-order valence-electron chi connectivity index (χ0n) is 11.4. The maximum atomic E-state index is 12.1. The zero-order valence-corrected chi connectivity index (χ0v) is 11.4. The summed E-state index contributed by atoms with van der Waals surface area (Å²) in [7, 11) is 1.69. The number of nitrogens with zero attached hydrogens (tertiary/aromatic N) is 2. The molecule has 1 unspecified atom stereocenters. The Balaban J connectivity index is 2.06. The number of fused-ring (bicyclic) bond motifs is 1. The predicted molar refractivity (Wildman–Crippen MR) is 76.1 cm³/mol. The minimum atomic E-state index is -0.797. The first-order chi connectivity index (χ1) is 9.58. The number of anilines is 2. The number of hydrogen-bond acceptors (Lipinski definition) is 3. The van der Waals surface area contributed by atoms with Gasteiger partial charge in [0.15, 0.2) is 0 Å². The minimum absolute atomic E-state index is 0.320. The van der Waals surface area contributed by atoms with E-state index in [9.17, 15) is 9.59 Å². The Bertz CT molecular complexity index is 554. The summed E-state index contributed by atoms with van der Waals surface area (Å²) in [5.74, 6) is -0.283. The minimum Gasteiger partial charge on any atom is -0.368 e. The van der Waals surface area contributed by atoms with Crippen molar-refractivity contribution in [3.63, 3.8) is 0 Å². The monoisotopic (exact) mass is 271 g/mol. The molecule has 2 radical (unpaired) electrons. The van der Waals surface area contributed by atoms with Gasteiger partial charge in [0.05, 0.1) is 11.4 Å². The lowest BCUT2D eigenvalue weighted by Crippen LogP contribution is -2.47. The van der Waals surface area contributed by atoms with Gasteiger partial charge in [-0.1, -0.05) is 12.1 Å². The van der Waals surface area contributed by atoms with Crippen LogP contribution < -0.4 is 15.5 Å². The van der Waals surface area contributed by atoms with Crippen molar-refractivity contribution in [2.45, 2.75) is 18.9 Å². The predicted octanol–water partition coefficient (Wildman–Crippen LogP) is 0.815. The molecule has 1 atom stereocenters. The first kappa shape index (κ1) is 13.0. The largest absolute Gasteiger partial charge is 0.368 e. The Morgan fingerprint density at radius 1 is 1.35 bits per heavy atom. The molecule has 1 fully saturated rings. The van der Waals surface area contributed by atoms with E-state index in [-0.39, 0.29) is 5.91 Å². The highest BCUT2D eigenvalue weighted by Crippen LogP contribution is 2.38. The van der Waals surface area contributed by atoms with Crippen LogP contribution in [0.5, 0.6) is 0 Å². The summed E-state index contributed by atoms with van der Waals surface area (Å²) in [6, 6.07) is 6.78. The first-order valence-electron chi connectivity index (χ1n) is 6.77. The number of hydrogen-bond donors (Lipinski definition) is 1. The molecule has 1 heterocycles. The van der Waals surface area contributed by atoms with E-state index in [2.05, 4.69) is 6.42 Å². The number of carbonyl (C=O) groups is 2. The van der Waals surface area contributed by atoms with E-state index in [4.69, 9.17) is 5.73 Å². The highest BCUT2D eigenvalue weighted by atomic mass is 16.2. The van der Waals surface area contributed by atoms with Gasteiger partial charge in [0.25, 0.3) is 0 Å². The summed E-state index contributed by atoms with van der Waals surface area (Å²) in [5, 5.41) is 0. The number of rotatable bonds is 3. The van der Waals surface area contributed by atoms with Crippen LogP contribution in [0.1, 0.15) is 12.8 Å². The second kappa shape index (κ2) is 4.81. The van der Waals surface area contributed by atoms with E-state index in [1.54, 1.807) is 7.05 Å². The number of amides is 2. The van der Waals surface area contributed by atoms with Crippen molar-refractivity contribution in [1.29, 1.82) is 0 Å². The van der Waals surface area contributed by atoms with Crippen LogP contribution >= 0.6 is 0 Å². The van der Waals surface area contributed by atoms with E-state index >= 15 is 0 Å². The lowest BCUT2D eigenvalue weighted by Gasteiger charge is -2.30. The normalized spacial score (nSPS) is 22.4. The third-order valence-electron chi connectivity index (χ3n) is 3.85. The van der Waals surface area contributed by atoms with Gasteiger partial charge in [-0.3, -0.25) is 9.59 Å². The number of primary amides is 1. The molecule has 5 heteroatoms. The van der Waals surface area contributed by atoms with E-state index in [0.29, 0.717) is 5.92 Å². The Morgan fingerprint density at radius 2 is 2.00 bits per heavy atom. The van der Waals surface area contributed by atoms with E-state index in [1.807, 2.05) is 29.2 Å². The molecule has 1 saturated carbocycles. The summed E-state index contributed by atoms with van der Waals surface area (Å²) in [6.07, 6.45) is 5.02. The van der Waals surface area contributed by atoms with Crippen molar-refractivity contribution in [1.82, 2.24) is 0 Å². The second-order valence-corrected chi connectivity index (χ2v) is 5.40. The van der Waals surface area contributed by atoms with Gasteiger partial charge in [-0.2, -0.15) is 0 Å². The molecule has 1 aliphatic heterocycles. The van der Waals surface area contributed by atoms with Crippen molar-refractivity contribution in [2.75, 3.05) is 23.4 Å². The molecule has 2 aliphatic rings. The van der Waals surface area contributed by atoms with Gasteiger partial charge in [-0.25, -0.2) is 0 Å². The molecular formula is C15H17N3O2. The maximum Gasteiger partial charge on any atom is 0.241 e. The van der Waals surface area contributed by atoms with Crippen LogP contribution in [-0.4, -0.2) is 31.4 Å². The maximum absolute atomic E-state index is 12.1. The van der Waals surface area contributed by atoms with Crippen molar-refractivity contribution in [3.8, 4) is 0 Å². The van der Waals surface area contributed by atoms with Crippen LogP contribution in [0.3, 0.4) is 0 Å². The van der Waals surface area contributed by atoms with Crippen molar-refractivity contribution >= 4 is 23.2 Å². The Kier molecular flexibility index (Phi) is 3.12. The smallest absolute Gasteiger partial charge is 0.241 e. The molecule has 2 amide bonds. The zero-order chi connectivity index (χ0) is 14.3. The van der Waals surface area contributed by atoms with Gasteiger partial charge in [-0.05, 0) is 30.9 Å². The van der Waals surface area contributed by atoms with E-state index in [0.717, 1.165) is 30.8 Å². The highest BCUT2D eigenvalue weighted by molar-refractivity contribution is 6.08. The first-order valence-corrected chi connectivity index (χ1v) is 6.77. The third-order valence-corrected chi connectivity index (χ3v) is 3.85. The van der Waals surface area contributed by atoms with Crippen LogP contribution in [0.2, 0.25) is 0 Å². The summed E-state index contributed by atoms with van der Waals surface area (Å²) in [5.41, 5.74) is 7.13. The van der Waals surface area contributed by atoms with Crippen molar-refractivity contribution < 1.29 is 9.59 Å². The van der Waals surface area contributed by atoms with Crippen LogP contribution in [0.15, 0.2) is 24.3 Å². The van der Waals surface area contributed by atoms with Crippen LogP contribution in [-0.2, 0) is 9.59 Å². The molecule has 1 aliphatic carbocycles. The number of nitrogens with two attached hydrogens (primary N) is 1. The number of benzene rings is 1. The third kappa shape index (κ3) is 2.24. The molecule has 1 aromatic carbocycles. The summed E-state index contributed by atoms with van der Waals surface area (Å²) in [6.45, 7) is 0.735. The standard InChI is InChI=1S/C15H17N3O2/c1-17-11-4-2-3-5-12(11)18(9-10-6-7-10)13(15(16)20)8-14(17)19/h2-5,10,13H,6-7,9H2,1H3,(H2,16,20). The summed E-state index contributed by atoms with van der Waals surface area (Å²) < 4.78 is 0. The highest BCUT2D eigenvalue weighted by Gasteiger charge is 2.37. The van der Waals surface area contributed by atoms with Crippen molar-refractivity contribution in [3.05, 3.63) is 30.7 Å². The van der Waals surface area contributed by atoms with Crippen LogP contribution in [0.4, 0.5) is 11.4 Å². The molecule has 3 rings (SSSR count). The molecule has 0 saturated heterocycles. The topological polar surface area (TPSA) is 66.6 Å². The lowest BCUT2D eigenvalue weighted by atomic mass is 10.1. The van der Waals surface area contributed by atoms with Gasteiger partial charge in [0, 0.05) is 13.6 Å². The average Bonchev–Trinajstić information content (AvgIpc) is 3.25. The average molecular weight is 271 g/mol. The second-order valence-electron chi connectivity index (χ2n) is 5.40.